The van der Waals surface area contributed by atoms with E-state index in [-0.39, 0.29) is 23.8 Å². The Kier molecular flexibility index (Phi) is 7.55. The lowest BCUT2D eigenvalue weighted by atomic mass is 9.74. The van der Waals surface area contributed by atoms with Crippen molar-refractivity contribution in [1.29, 1.82) is 0 Å². The molecule has 2 aliphatic rings. The first-order chi connectivity index (χ1) is 16.8. The highest BCUT2D eigenvalue weighted by molar-refractivity contribution is 6.07. The van der Waals surface area contributed by atoms with Crippen LogP contribution >= 0.6 is 0 Å². The van der Waals surface area contributed by atoms with E-state index in [1.807, 2.05) is 73.3 Å². The zero-order valence-corrected chi connectivity index (χ0v) is 21.0. The number of amides is 4. The van der Waals surface area contributed by atoms with Crippen LogP contribution in [-0.2, 0) is 11.2 Å². The van der Waals surface area contributed by atoms with Gasteiger partial charge in [-0.25, -0.2) is 4.79 Å². The van der Waals surface area contributed by atoms with E-state index >= 15 is 0 Å². The molecule has 2 saturated heterocycles. The van der Waals surface area contributed by atoms with Crippen LogP contribution in [0.15, 0.2) is 54.6 Å². The lowest BCUT2D eigenvalue weighted by molar-refractivity contribution is -0.134. The van der Waals surface area contributed by atoms with Crippen LogP contribution in [0, 0.1) is 12.8 Å². The van der Waals surface area contributed by atoms with Crippen molar-refractivity contribution in [2.24, 2.45) is 5.92 Å². The van der Waals surface area contributed by atoms with Gasteiger partial charge in [0.2, 0.25) is 0 Å². The summed E-state index contributed by atoms with van der Waals surface area (Å²) in [5.41, 5.74) is 2.02. The van der Waals surface area contributed by atoms with Gasteiger partial charge in [-0.1, -0.05) is 48.0 Å². The van der Waals surface area contributed by atoms with E-state index in [4.69, 9.17) is 0 Å². The summed E-state index contributed by atoms with van der Waals surface area (Å²) in [6.45, 7) is 4.15. The summed E-state index contributed by atoms with van der Waals surface area (Å²) in [5, 5.41) is 3.13. The molecule has 0 bridgehead atoms. The topological polar surface area (TPSA) is 73.0 Å². The number of hydrogen-bond acceptors (Lipinski definition) is 4. The predicted octanol–water partition coefficient (Wildman–Crippen LogP) is 3.33. The number of imide groups is 1. The summed E-state index contributed by atoms with van der Waals surface area (Å²) in [6, 6.07) is 17.4. The number of urea groups is 1. The molecule has 35 heavy (non-hydrogen) atoms. The van der Waals surface area contributed by atoms with Gasteiger partial charge < -0.3 is 15.1 Å². The van der Waals surface area contributed by atoms with E-state index in [1.54, 1.807) is 0 Å². The van der Waals surface area contributed by atoms with Crippen LogP contribution in [0.1, 0.15) is 40.7 Å². The SMILES string of the molecule is Cc1ccc(C(=O)N2CCC(C3(CCc4ccccc4)NC(=O)N(CCN(C)C)C3=O)CC2)cc1. The Morgan fingerprint density at radius 1 is 1.03 bits per heavy atom. The summed E-state index contributed by atoms with van der Waals surface area (Å²) >= 11 is 0. The number of likely N-dealkylation sites (N-methyl/N-ethyl adjacent to an activating group) is 1. The first-order valence-electron chi connectivity index (χ1n) is 12.5. The van der Waals surface area contributed by atoms with Gasteiger partial charge in [0.15, 0.2) is 0 Å². The maximum atomic E-state index is 13.8. The number of rotatable bonds is 8. The largest absolute Gasteiger partial charge is 0.339 e. The van der Waals surface area contributed by atoms with Crippen molar-refractivity contribution in [3.05, 3.63) is 71.3 Å². The van der Waals surface area contributed by atoms with Crippen LogP contribution in [0.3, 0.4) is 0 Å². The Balaban J connectivity index is 1.51. The van der Waals surface area contributed by atoms with Crippen molar-refractivity contribution in [1.82, 2.24) is 20.0 Å². The fourth-order valence-corrected chi connectivity index (χ4v) is 5.24. The third-order valence-corrected chi connectivity index (χ3v) is 7.40. The minimum atomic E-state index is -0.932. The lowest BCUT2D eigenvalue weighted by Crippen LogP contribution is -2.57. The van der Waals surface area contributed by atoms with Gasteiger partial charge in [-0.2, -0.15) is 0 Å². The Hall–Kier alpha value is -3.19. The van der Waals surface area contributed by atoms with E-state index in [0.29, 0.717) is 57.4 Å². The molecule has 186 valence electrons. The fraction of sp³-hybridized carbons (Fsp3) is 0.464. The van der Waals surface area contributed by atoms with Crippen LogP contribution in [0.5, 0.6) is 0 Å². The Morgan fingerprint density at radius 3 is 2.31 bits per heavy atom. The third kappa shape index (κ3) is 5.40. The van der Waals surface area contributed by atoms with E-state index < -0.39 is 5.54 Å². The Bertz CT molecular complexity index is 1050. The number of nitrogens with zero attached hydrogens (tertiary/aromatic N) is 3. The second kappa shape index (κ2) is 10.6. The maximum absolute atomic E-state index is 13.8. The van der Waals surface area contributed by atoms with E-state index in [9.17, 15) is 14.4 Å². The molecular weight excluding hydrogens is 440 g/mol. The molecule has 0 aromatic heterocycles. The first-order valence-corrected chi connectivity index (χ1v) is 12.5. The van der Waals surface area contributed by atoms with Crippen molar-refractivity contribution >= 4 is 17.8 Å². The van der Waals surface area contributed by atoms with Gasteiger partial charge in [-0.05, 0) is 70.3 Å². The highest BCUT2D eigenvalue weighted by atomic mass is 16.2. The molecule has 7 heteroatoms. The molecule has 0 spiro atoms. The Labute approximate surface area is 208 Å². The molecule has 2 fully saturated rings. The third-order valence-electron chi connectivity index (χ3n) is 7.40. The number of carbonyl (C=O) groups is 3. The van der Waals surface area contributed by atoms with Gasteiger partial charge in [0.25, 0.3) is 11.8 Å². The molecule has 7 nitrogen and oxygen atoms in total. The summed E-state index contributed by atoms with van der Waals surface area (Å²) in [4.78, 5) is 45.0. The molecule has 0 saturated carbocycles. The van der Waals surface area contributed by atoms with Gasteiger partial charge in [0, 0.05) is 31.7 Å². The van der Waals surface area contributed by atoms with Crippen LogP contribution in [-0.4, -0.2) is 78.4 Å². The van der Waals surface area contributed by atoms with Crippen molar-refractivity contribution in [3.8, 4) is 0 Å². The Morgan fingerprint density at radius 2 is 1.69 bits per heavy atom. The van der Waals surface area contributed by atoms with Gasteiger partial charge in [0.05, 0.1) is 0 Å². The number of likely N-dealkylation sites (tertiary alicyclic amines) is 1. The molecule has 0 aliphatic carbocycles. The maximum Gasteiger partial charge on any atom is 0.325 e. The normalized spacial score (nSPS) is 21.0. The summed E-state index contributed by atoms with van der Waals surface area (Å²) in [6.07, 6.45) is 2.62. The molecule has 4 rings (SSSR count). The number of benzene rings is 2. The molecule has 1 atom stereocenters. The quantitative estimate of drug-likeness (QED) is 0.593. The van der Waals surface area contributed by atoms with Crippen LogP contribution < -0.4 is 5.32 Å². The van der Waals surface area contributed by atoms with Crippen molar-refractivity contribution in [3.63, 3.8) is 0 Å². The average Bonchev–Trinajstić information content (AvgIpc) is 3.11. The van der Waals surface area contributed by atoms with Crippen LogP contribution in [0.4, 0.5) is 4.79 Å². The molecule has 0 radical (unpaired) electrons. The molecule has 1 unspecified atom stereocenters. The molecule has 2 aromatic rings. The zero-order valence-electron chi connectivity index (χ0n) is 21.0. The van der Waals surface area contributed by atoms with Crippen molar-refractivity contribution in [2.45, 2.75) is 38.1 Å². The summed E-state index contributed by atoms with van der Waals surface area (Å²) < 4.78 is 0. The fourth-order valence-electron chi connectivity index (χ4n) is 5.24. The van der Waals surface area contributed by atoms with Crippen molar-refractivity contribution in [2.75, 3.05) is 40.3 Å². The molecule has 1 N–H and O–H groups in total. The van der Waals surface area contributed by atoms with E-state index in [1.165, 1.54) is 4.90 Å². The van der Waals surface area contributed by atoms with Gasteiger partial charge in [-0.3, -0.25) is 14.5 Å². The van der Waals surface area contributed by atoms with Gasteiger partial charge >= 0.3 is 6.03 Å². The van der Waals surface area contributed by atoms with E-state index in [2.05, 4.69) is 17.4 Å². The number of nitrogens with one attached hydrogen (secondary N) is 1. The summed E-state index contributed by atoms with van der Waals surface area (Å²) in [7, 11) is 3.86. The van der Waals surface area contributed by atoms with Crippen molar-refractivity contribution < 1.29 is 14.4 Å². The smallest absolute Gasteiger partial charge is 0.325 e. The second-order valence-corrected chi connectivity index (χ2v) is 10.1. The predicted molar refractivity (Wildman–Crippen MR) is 136 cm³/mol. The highest BCUT2D eigenvalue weighted by Crippen LogP contribution is 2.37. The lowest BCUT2D eigenvalue weighted by Gasteiger charge is -2.41. The second-order valence-electron chi connectivity index (χ2n) is 10.1. The number of carbonyl (C=O) groups excluding carboxylic acids is 3. The minimum absolute atomic E-state index is 0.0194. The van der Waals surface area contributed by atoms with Crippen LogP contribution in [0.25, 0.3) is 0 Å². The molecule has 4 amide bonds. The zero-order chi connectivity index (χ0) is 25.0. The number of aryl methyl sites for hydroxylation is 2. The van der Waals surface area contributed by atoms with E-state index in [0.717, 1.165) is 11.1 Å². The monoisotopic (exact) mass is 476 g/mol. The minimum Gasteiger partial charge on any atom is -0.339 e. The molecule has 2 heterocycles. The van der Waals surface area contributed by atoms with Crippen LogP contribution in [0.2, 0.25) is 0 Å². The standard InChI is InChI=1S/C28H36N4O3/c1-21-9-11-23(12-10-21)25(33)31-17-14-24(15-18-31)28(16-13-22-7-5-4-6-8-22)26(34)32(27(35)29-28)20-19-30(2)3/h4-12,24H,13-20H2,1-3H3,(H,29,35). The highest BCUT2D eigenvalue weighted by Gasteiger charge is 2.55. The molecular formula is C28H36N4O3. The van der Waals surface area contributed by atoms with Gasteiger partial charge in [-0.15, -0.1) is 0 Å². The molecule has 2 aromatic carbocycles. The molecule has 2 aliphatic heterocycles. The van der Waals surface area contributed by atoms with Gasteiger partial charge in [0.1, 0.15) is 5.54 Å². The number of piperidine rings is 1. The number of hydrogen-bond donors (Lipinski definition) is 1. The summed E-state index contributed by atoms with van der Waals surface area (Å²) in [5.74, 6) is -0.117. The first kappa shape index (κ1) is 24.9. The average molecular weight is 477 g/mol.